The molecule has 3 N–H and O–H groups in total. The van der Waals surface area contributed by atoms with Gasteiger partial charge >= 0.3 is 6.18 Å². The fourth-order valence-corrected chi connectivity index (χ4v) is 4.65. The van der Waals surface area contributed by atoms with Crippen molar-refractivity contribution in [2.75, 3.05) is 18.5 Å². The topological polar surface area (TPSA) is 116 Å². The van der Waals surface area contributed by atoms with Gasteiger partial charge in [0, 0.05) is 17.5 Å². The third kappa shape index (κ3) is 3.98. The van der Waals surface area contributed by atoms with Gasteiger partial charge in [0.05, 0.1) is 19.8 Å². The average Bonchev–Trinajstić information content (AvgIpc) is 3.21. The van der Waals surface area contributed by atoms with Crippen LogP contribution < -0.4 is 11.1 Å². The van der Waals surface area contributed by atoms with Crippen molar-refractivity contribution in [3.05, 3.63) is 45.3 Å². The number of anilines is 1. The average molecular weight is 466 g/mol. The standard InChI is InChI=1S/C19H17F3N6O3S/c1-9-3-11(24-2)5-25-14(9)15(29)26-13-7-32-16(27-13)18-8-31-12(19(20,21)22)4-10(18)6-30-17(23)28-18/h3,5,7,10,12H,4,6,8H2,1H3,(H2,23,28)(H,26,29)/t10-,12+,18-/m0/s1. The van der Waals surface area contributed by atoms with Crippen LogP contribution in [0.15, 0.2) is 22.6 Å². The first-order valence-corrected chi connectivity index (χ1v) is 10.3. The molecule has 168 valence electrons. The van der Waals surface area contributed by atoms with Gasteiger partial charge in [-0.25, -0.2) is 14.8 Å². The van der Waals surface area contributed by atoms with Gasteiger partial charge in [-0.05, 0) is 25.0 Å². The van der Waals surface area contributed by atoms with E-state index in [1.165, 1.54) is 6.20 Å². The molecule has 1 amide bonds. The fourth-order valence-electron chi connectivity index (χ4n) is 3.69. The number of aryl methyl sites for hydroxylation is 1. The van der Waals surface area contributed by atoms with Gasteiger partial charge in [0.2, 0.25) is 5.69 Å². The molecule has 1 saturated heterocycles. The number of pyridine rings is 1. The summed E-state index contributed by atoms with van der Waals surface area (Å²) < 4.78 is 49.9. The number of nitrogens with one attached hydrogen (secondary N) is 1. The molecule has 0 unspecified atom stereocenters. The van der Waals surface area contributed by atoms with Crippen LogP contribution in [0.4, 0.5) is 24.7 Å². The molecular formula is C19H17F3N6O3S. The third-order valence-electron chi connectivity index (χ3n) is 5.31. The summed E-state index contributed by atoms with van der Waals surface area (Å²) in [6.07, 6.45) is -5.49. The first kappa shape index (κ1) is 22.0. The molecular weight excluding hydrogens is 449 g/mol. The second kappa shape index (κ2) is 8.03. The Morgan fingerprint density at radius 1 is 1.47 bits per heavy atom. The van der Waals surface area contributed by atoms with Crippen molar-refractivity contribution in [3.8, 4) is 0 Å². The molecule has 2 aliphatic heterocycles. The van der Waals surface area contributed by atoms with Crippen LogP contribution >= 0.6 is 11.3 Å². The maximum atomic E-state index is 13.2. The van der Waals surface area contributed by atoms with E-state index in [2.05, 4.69) is 25.1 Å². The van der Waals surface area contributed by atoms with Crippen LogP contribution in [0.1, 0.15) is 27.5 Å². The molecule has 9 nitrogen and oxygen atoms in total. The van der Waals surface area contributed by atoms with Crippen molar-refractivity contribution in [3.63, 3.8) is 0 Å². The van der Waals surface area contributed by atoms with Crippen LogP contribution in [0.5, 0.6) is 0 Å². The highest BCUT2D eigenvalue weighted by Crippen LogP contribution is 2.47. The number of carbonyl (C=O) groups is 1. The van der Waals surface area contributed by atoms with Crippen molar-refractivity contribution in [2.24, 2.45) is 16.6 Å². The lowest BCUT2D eigenvalue weighted by molar-refractivity contribution is -0.249. The predicted octanol–water partition coefficient (Wildman–Crippen LogP) is 3.16. The van der Waals surface area contributed by atoms with Gasteiger partial charge in [-0.2, -0.15) is 13.2 Å². The Balaban J connectivity index is 1.58. The van der Waals surface area contributed by atoms with Crippen LogP contribution in [-0.2, 0) is 15.0 Å². The summed E-state index contributed by atoms with van der Waals surface area (Å²) >= 11 is 1.13. The Kier molecular flexibility index (Phi) is 5.51. The van der Waals surface area contributed by atoms with Gasteiger partial charge in [0.25, 0.3) is 11.9 Å². The summed E-state index contributed by atoms with van der Waals surface area (Å²) in [5, 5.41) is 4.53. The number of nitrogens with zero attached hydrogens (tertiary/aromatic N) is 4. The Morgan fingerprint density at radius 2 is 2.25 bits per heavy atom. The van der Waals surface area contributed by atoms with E-state index in [4.69, 9.17) is 21.8 Å². The van der Waals surface area contributed by atoms with Crippen molar-refractivity contribution < 1.29 is 27.4 Å². The van der Waals surface area contributed by atoms with E-state index in [1.807, 2.05) is 0 Å². The Bertz CT molecular complexity index is 1130. The maximum Gasteiger partial charge on any atom is 0.414 e. The number of fused-ring (bicyclic) bond motifs is 1. The number of alkyl halides is 3. The van der Waals surface area contributed by atoms with Crippen LogP contribution in [0, 0.1) is 19.4 Å². The minimum atomic E-state index is -4.51. The van der Waals surface area contributed by atoms with Crippen molar-refractivity contribution in [2.45, 2.75) is 31.2 Å². The zero-order valence-corrected chi connectivity index (χ0v) is 17.5. The highest BCUT2D eigenvalue weighted by molar-refractivity contribution is 7.10. The molecule has 0 saturated carbocycles. The van der Waals surface area contributed by atoms with E-state index >= 15 is 0 Å². The molecule has 13 heteroatoms. The zero-order chi connectivity index (χ0) is 23.1. The van der Waals surface area contributed by atoms with Crippen LogP contribution in [0.2, 0.25) is 0 Å². The Morgan fingerprint density at radius 3 is 2.94 bits per heavy atom. The van der Waals surface area contributed by atoms with E-state index in [-0.39, 0.29) is 37.2 Å². The number of hydrogen-bond acceptors (Lipinski definition) is 8. The largest absolute Gasteiger partial charge is 0.465 e. The molecule has 0 spiro atoms. The van der Waals surface area contributed by atoms with Gasteiger partial charge in [-0.1, -0.05) is 0 Å². The lowest BCUT2D eigenvalue weighted by Crippen LogP contribution is -2.54. The lowest BCUT2D eigenvalue weighted by Gasteiger charge is -2.44. The number of amidine groups is 1. The summed E-state index contributed by atoms with van der Waals surface area (Å²) in [6.45, 7) is 8.24. The number of ether oxygens (including phenoxy) is 2. The number of halogens is 3. The van der Waals surface area contributed by atoms with E-state index < -0.39 is 29.6 Å². The van der Waals surface area contributed by atoms with Gasteiger partial charge in [-0.15, -0.1) is 11.3 Å². The molecule has 2 aromatic rings. The molecule has 4 rings (SSSR count). The Hall–Kier alpha value is -3.24. The van der Waals surface area contributed by atoms with Crippen molar-refractivity contribution >= 4 is 34.8 Å². The smallest absolute Gasteiger partial charge is 0.414 e. The van der Waals surface area contributed by atoms with E-state index in [0.29, 0.717) is 16.3 Å². The molecule has 32 heavy (non-hydrogen) atoms. The van der Waals surface area contributed by atoms with Crippen molar-refractivity contribution in [1.82, 2.24) is 9.97 Å². The molecule has 3 atom stereocenters. The van der Waals surface area contributed by atoms with E-state index in [1.54, 1.807) is 18.4 Å². The number of aromatic nitrogens is 2. The maximum absolute atomic E-state index is 13.2. The number of carbonyl (C=O) groups excluding carboxylic acids is 1. The first-order valence-electron chi connectivity index (χ1n) is 9.40. The number of thiazole rings is 1. The number of amides is 1. The minimum Gasteiger partial charge on any atom is -0.465 e. The predicted molar refractivity (Wildman–Crippen MR) is 108 cm³/mol. The highest BCUT2D eigenvalue weighted by atomic mass is 32.1. The summed E-state index contributed by atoms with van der Waals surface area (Å²) in [6, 6.07) is 1.39. The summed E-state index contributed by atoms with van der Waals surface area (Å²) in [4.78, 5) is 28.6. The molecule has 1 fully saturated rings. The third-order valence-corrected chi connectivity index (χ3v) is 6.32. The van der Waals surface area contributed by atoms with Crippen LogP contribution in [0.3, 0.4) is 0 Å². The second-order valence-electron chi connectivity index (χ2n) is 7.42. The fraction of sp³-hybridized carbons (Fsp3) is 0.421. The quantitative estimate of drug-likeness (QED) is 0.672. The molecule has 2 aromatic heterocycles. The monoisotopic (exact) mass is 466 g/mol. The minimum absolute atomic E-state index is 0.0525. The number of hydrogen-bond donors (Lipinski definition) is 2. The lowest BCUT2D eigenvalue weighted by atomic mass is 9.79. The highest BCUT2D eigenvalue weighted by Gasteiger charge is 2.56. The first-order chi connectivity index (χ1) is 15.1. The van der Waals surface area contributed by atoms with E-state index in [0.717, 1.165) is 11.3 Å². The van der Waals surface area contributed by atoms with Crippen LogP contribution in [0.25, 0.3) is 4.85 Å². The van der Waals surface area contributed by atoms with Gasteiger partial charge < -0.3 is 20.5 Å². The SMILES string of the molecule is [C-]#[N+]c1cnc(C(=O)Nc2csc([C@]34CO[C@@H](C(F)(F)F)C[C@H]3COC(N)=N4)n2)c(C)c1. The summed E-state index contributed by atoms with van der Waals surface area (Å²) in [5.41, 5.74) is 5.44. The second-order valence-corrected chi connectivity index (χ2v) is 8.28. The Labute approximate surface area is 184 Å². The van der Waals surface area contributed by atoms with E-state index in [9.17, 15) is 18.0 Å². The van der Waals surface area contributed by atoms with Gasteiger partial charge in [0.15, 0.2) is 6.10 Å². The van der Waals surface area contributed by atoms with Crippen molar-refractivity contribution in [1.29, 1.82) is 0 Å². The van der Waals surface area contributed by atoms with Gasteiger partial charge in [0.1, 0.15) is 22.1 Å². The van der Waals surface area contributed by atoms with Crippen LogP contribution in [-0.4, -0.2) is 47.4 Å². The molecule has 0 bridgehead atoms. The molecule has 0 aromatic carbocycles. The number of nitrogens with two attached hydrogens (primary N) is 1. The molecule has 0 radical (unpaired) electrons. The zero-order valence-electron chi connectivity index (χ0n) is 16.6. The summed E-state index contributed by atoms with van der Waals surface area (Å²) in [5.74, 6) is -0.997. The normalized spacial score (nSPS) is 25.2. The number of rotatable bonds is 3. The molecule has 4 heterocycles. The number of aliphatic imine (C=N–C) groups is 1. The van der Waals surface area contributed by atoms with Gasteiger partial charge in [-0.3, -0.25) is 9.78 Å². The molecule has 0 aliphatic carbocycles. The summed E-state index contributed by atoms with van der Waals surface area (Å²) in [7, 11) is 0. The molecule has 2 aliphatic rings.